The highest BCUT2D eigenvalue weighted by molar-refractivity contribution is 5.31. The summed E-state index contributed by atoms with van der Waals surface area (Å²) in [6.07, 6.45) is 6.80. The van der Waals surface area contributed by atoms with Crippen molar-refractivity contribution in [3.05, 3.63) is 29.6 Å². The molecule has 1 aromatic rings. The van der Waals surface area contributed by atoms with E-state index in [1.165, 1.54) is 39.2 Å². The van der Waals surface area contributed by atoms with Gasteiger partial charge in [-0.25, -0.2) is 4.39 Å². The van der Waals surface area contributed by atoms with Gasteiger partial charge in [0.2, 0.25) is 0 Å². The second kappa shape index (κ2) is 7.07. The number of halogens is 1. The van der Waals surface area contributed by atoms with E-state index in [0.717, 1.165) is 5.92 Å². The molecule has 0 radical (unpaired) electrons. The van der Waals surface area contributed by atoms with Crippen LogP contribution >= 0.6 is 0 Å². The summed E-state index contributed by atoms with van der Waals surface area (Å²) < 4.78 is 19.2. The van der Waals surface area contributed by atoms with Crippen molar-refractivity contribution in [2.24, 2.45) is 17.6 Å². The zero-order valence-electron chi connectivity index (χ0n) is 12.6. The molecular weight excluding hydrogens is 253 g/mol. The van der Waals surface area contributed by atoms with E-state index in [9.17, 15) is 4.39 Å². The first-order valence-electron chi connectivity index (χ1n) is 7.72. The SMILES string of the molecule is CCC1CCCC(C(N)Cc2cccc(OC)c2F)C1. The van der Waals surface area contributed by atoms with Gasteiger partial charge in [0.05, 0.1) is 7.11 Å². The predicted octanol–water partition coefficient (Wildman–Crippen LogP) is 3.92. The van der Waals surface area contributed by atoms with Crippen molar-refractivity contribution in [3.8, 4) is 5.75 Å². The molecule has 3 heteroatoms. The van der Waals surface area contributed by atoms with Crippen LogP contribution < -0.4 is 10.5 Å². The average Bonchev–Trinajstić information content (AvgIpc) is 2.49. The molecule has 3 atom stereocenters. The summed E-state index contributed by atoms with van der Waals surface area (Å²) >= 11 is 0. The summed E-state index contributed by atoms with van der Waals surface area (Å²) in [6, 6.07) is 5.35. The zero-order valence-corrected chi connectivity index (χ0v) is 12.6. The van der Waals surface area contributed by atoms with Gasteiger partial charge in [-0.15, -0.1) is 0 Å². The maximum atomic E-state index is 14.2. The van der Waals surface area contributed by atoms with Gasteiger partial charge in [-0.1, -0.05) is 38.3 Å². The normalized spacial score (nSPS) is 24.4. The van der Waals surface area contributed by atoms with Crippen molar-refractivity contribution in [2.75, 3.05) is 7.11 Å². The van der Waals surface area contributed by atoms with Crippen LogP contribution in [0, 0.1) is 17.7 Å². The topological polar surface area (TPSA) is 35.2 Å². The van der Waals surface area contributed by atoms with Crippen molar-refractivity contribution in [3.63, 3.8) is 0 Å². The summed E-state index contributed by atoms with van der Waals surface area (Å²) in [6.45, 7) is 2.25. The van der Waals surface area contributed by atoms with Crippen LogP contribution in [0.3, 0.4) is 0 Å². The van der Waals surface area contributed by atoms with Crippen LogP contribution in [0.2, 0.25) is 0 Å². The third kappa shape index (κ3) is 3.51. The number of nitrogens with two attached hydrogens (primary N) is 1. The van der Waals surface area contributed by atoms with E-state index in [1.54, 1.807) is 6.07 Å². The number of rotatable bonds is 5. The zero-order chi connectivity index (χ0) is 14.5. The van der Waals surface area contributed by atoms with E-state index in [1.807, 2.05) is 12.1 Å². The van der Waals surface area contributed by atoms with Crippen LogP contribution in [-0.4, -0.2) is 13.2 Å². The fourth-order valence-corrected chi connectivity index (χ4v) is 3.38. The molecule has 0 aromatic heterocycles. The van der Waals surface area contributed by atoms with Gasteiger partial charge in [0.25, 0.3) is 0 Å². The molecular formula is C17H26FNO. The van der Waals surface area contributed by atoms with E-state index >= 15 is 0 Å². The lowest BCUT2D eigenvalue weighted by molar-refractivity contribution is 0.227. The summed E-state index contributed by atoms with van der Waals surface area (Å²) in [7, 11) is 1.50. The van der Waals surface area contributed by atoms with Crippen LogP contribution in [0.4, 0.5) is 4.39 Å². The predicted molar refractivity (Wildman–Crippen MR) is 80.4 cm³/mol. The third-order valence-corrected chi connectivity index (χ3v) is 4.73. The number of methoxy groups -OCH3 is 1. The standard InChI is InChI=1S/C17H26FNO/c1-3-12-6-4-7-13(10-12)15(19)11-14-8-5-9-16(20-2)17(14)18/h5,8-9,12-13,15H,3-4,6-7,10-11,19H2,1-2H3. The molecule has 0 heterocycles. The third-order valence-electron chi connectivity index (χ3n) is 4.73. The Labute approximate surface area is 121 Å². The quantitative estimate of drug-likeness (QED) is 0.886. The van der Waals surface area contributed by atoms with Gasteiger partial charge < -0.3 is 10.5 Å². The Bertz CT molecular complexity index is 435. The van der Waals surface area contributed by atoms with E-state index in [2.05, 4.69) is 6.92 Å². The maximum absolute atomic E-state index is 14.2. The van der Waals surface area contributed by atoms with Crippen molar-refractivity contribution in [1.82, 2.24) is 0 Å². The molecule has 2 N–H and O–H groups in total. The Hall–Kier alpha value is -1.09. The van der Waals surface area contributed by atoms with Crippen LogP contribution in [0.15, 0.2) is 18.2 Å². The highest BCUT2D eigenvalue weighted by Crippen LogP contribution is 2.33. The Morgan fingerprint density at radius 2 is 2.20 bits per heavy atom. The van der Waals surface area contributed by atoms with Crippen molar-refractivity contribution >= 4 is 0 Å². The lowest BCUT2D eigenvalue weighted by atomic mass is 9.76. The van der Waals surface area contributed by atoms with Gasteiger partial charge in [-0.05, 0) is 42.7 Å². The van der Waals surface area contributed by atoms with E-state index in [4.69, 9.17) is 10.5 Å². The first-order chi connectivity index (χ1) is 9.65. The second-order valence-corrected chi connectivity index (χ2v) is 6.00. The summed E-state index contributed by atoms with van der Waals surface area (Å²) in [5, 5.41) is 0. The maximum Gasteiger partial charge on any atom is 0.168 e. The van der Waals surface area contributed by atoms with E-state index < -0.39 is 0 Å². The molecule has 1 aliphatic rings. The molecule has 3 unspecified atom stereocenters. The summed E-state index contributed by atoms with van der Waals surface area (Å²) in [5.41, 5.74) is 7.03. The van der Waals surface area contributed by atoms with E-state index in [0.29, 0.717) is 23.7 Å². The first kappa shape index (κ1) is 15.3. The van der Waals surface area contributed by atoms with Gasteiger partial charge in [-0.2, -0.15) is 0 Å². The molecule has 0 saturated heterocycles. The molecule has 1 fully saturated rings. The molecule has 0 bridgehead atoms. The Morgan fingerprint density at radius 3 is 2.90 bits per heavy atom. The molecule has 0 amide bonds. The second-order valence-electron chi connectivity index (χ2n) is 6.00. The fourth-order valence-electron chi connectivity index (χ4n) is 3.38. The Morgan fingerprint density at radius 1 is 1.40 bits per heavy atom. The molecule has 1 aromatic carbocycles. The van der Waals surface area contributed by atoms with Gasteiger partial charge >= 0.3 is 0 Å². The first-order valence-corrected chi connectivity index (χ1v) is 7.72. The lowest BCUT2D eigenvalue weighted by Gasteiger charge is -2.32. The number of benzene rings is 1. The van der Waals surface area contributed by atoms with Crippen molar-refractivity contribution in [2.45, 2.75) is 51.5 Å². The molecule has 0 spiro atoms. The minimum absolute atomic E-state index is 0.0472. The number of hydrogen-bond donors (Lipinski definition) is 1. The van der Waals surface area contributed by atoms with Gasteiger partial charge in [0.1, 0.15) is 0 Å². The fraction of sp³-hybridized carbons (Fsp3) is 0.647. The van der Waals surface area contributed by atoms with Crippen LogP contribution in [-0.2, 0) is 6.42 Å². The Kier molecular flexibility index (Phi) is 5.41. The average molecular weight is 279 g/mol. The minimum atomic E-state index is -0.256. The van der Waals surface area contributed by atoms with Crippen molar-refractivity contribution in [1.29, 1.82) is 0 Å². The van der Waals surface area contributed by atoms with Gasteiger partial charge in [-0.3, -0.25) is 0 Å². The van der Waals surface area contributed by atoms with Crippen LogP contribution in [0.5, 0.6) is 5.75 Å². The molecule has 1 saturated carbocycles. The summed E-state index contributed by atoms with van der Waals surface area (Å²) in [5.74, 6) is 1.38. The smallest absolute Gasteiger partial charge is 0.168 e. The Balaban J connectivity index is 2.02. The number of hydrogen-bond acceptors (Lipinski definition) is 2. The van der Waals surface area contributed by atoms with E-state index in [-0.39, 0.29) is 11.9 Å². The lowest BCUT2D eigenvalue weighted by Crippen LogP contribution is -2.35. The molecule has 2 nitrogen and oxygen atoms in total. The highest BCUT2D eigenvalue weighted by atomic mass is 19.1. The monoisotopic (exact) mass is 279 g/mol. The number of ether oxygens (including phenoxy) is 1. The van der Waals surface area contributed by atoms with Gasteiger partial charge in [0, 0.05) is 6.04 Å². The largest absolute Gasteiger partial charge is 0.494 e. The molecule has 0 aliphatic heterocycles. The van der Waals surface area contributed by atoms with Crippen LogP contribution in [0.25, 0.3) is 0 Å². The summed E-state index contributed by atoms with van der Waals surface area (Å²) in [4.78, 5) is 0. The van der Waals surface area contributed by atoms with Crippen LogP contribution in [0.1, 0.15) is 44.6 Å². The molecule has 2 rings (SSSR count). The molecule has 1 aliphatic carbocycles. The minimum Gasteiger partial charge on any atom is -0.494 e. The van der Waals surface area contributed by atoms with Gasteiger partial charge in [0.15, 0.2) is 11.6 Å². The highest BCUT2D eigenvalue weighted by Gasteiger charge is 2.26. The molecule has 20 heavy (non-hydrogen) atoms. The van der Waals surface area contributed by atoms with Crippen molar-refractivity contribution < 1.29 is 9.13 Å². The molecule has 112 valence electrons.